The highest BCUT2D eigenvalue weighted by Gasteiger charge is 2.29. The van der Waals surface area contributed by atoms with E-state index < -0.39 is 28.7 Å². The molecule has 0 atom stereocenters. The lowest BCUT2D eigenvalue weighted by Crippen LogP contribution is -2.36. The van der Waals surface area contributed by atoms with Gasteiger partial charge in [-0.1, -0.05) is 30.3 Å². The normalized spacial score (nSPS) is 14.3. The summed E-state index contributed by atoms with van der Waals surface area (Å²) in [4.78, 5) is 16.4. The summed E-state index contributed by atoms with van der Waals surface area (Å²) in [5, 5.41) is 2.54. The second kappa shape index (κ2) is 9.43. The average molecular weight is 491 g/mol. The molecule has 1 aliphatic heterocycles. The maximum absolute atomic E-state index is 13.2. The molecule has 0 saturated carbocycles. The molecule has 0 spiro atoms. The molecule has 2 aromatic carbocycles. The van der Waals surface area contributed by atoms with Crippen molar-refractivity contribution in [3.8, 4) is 5.88 Å². The highest BCUT2D eigenvalue weighted by Crippen LogP contribution is 2.25. The smallest absolute Gasteiger partial charge is 0.422 e. The fourth-order valence-corrected chi connectivity index (χ4v) is 4.99. The first-order chi connectivity index (χ1) is 16.1. The van der Waals surface area contributed by atoms with Crippen LogP contribution in [-0.4, -0.2) is 42.9 Å². The molecule has 34 heavy (non-hydrogen) atoms. The van der Waals surface area contributed by atoms with Crippen molar-refractivity contribution < 1.29 is 31.1 Å². The van der Waals surface area contributed by atoms with E-state index in [4.69, 9.17) is 0 Å². The topological polar surface area (TPSA) is 88.6 Å². The number of nitrogens with zero attached hydrogens (tertiary/aromatic N) is 2. The minimum Gasteiger partial charge on any atom is -0.468 e. The average Bonchev–Trinajstić information content (AvgIpc) is 2.83. The van der Waals surface area contributed by atoms with E-state index in [1.165, 1.54) is 40.7 Å². The summed E-state index contributed by atoms with van der Waals surface area (Å²) in [7, 11) is -3.83. The molecular weight excluding hydrogens is 471 g/mol. The van der Waals surface area contributed by atoms with Gasteiger partial charge in [-0.15, -0.1) is 0 Å². The van der Waals surface area contributed by atoms with E-state index in [1.54, 1.807) is 0 Å². The number of pyridine rings is 1. The van der Waals surface area contributed by atoms with Gasteiger partial charge in [0.1, 0.15) is 0 Å². The van der Waals surface area contributed by atoms with Crippen LogP contribution in [0.15, 0.2) is 71.8 Å². The Morgan fingerprint density at radius 3 is 2.53 bits per heavy atom. The standard InChI is InChI=1S/C23H20F3N3O4S/c24-23(25,26)15-33-21-9-8-19(13-27-21)28-22(30)17-6-3-7-20(12-17)34(31,32)29-11-10-16-4-1-2-5-18(16)14-29/h1-9,12-13H,10-11,14-15H2,(H,28,30). The molecule has 178 valence electrons. The van der Waals surface area contributed by atoms with Crippen LogP contribution in [0.5, 0.6) is 5.88 Å². The summed E-state index contributed by atoms with van der Waals surface area (Å²) < 4.78 is 69.0. The number of amides is 1. The van der Waals surface area contributed by atoms with Gasteiger partial charge in [0, 0.05) is 24.7 Å². The monoisotopic (exact) mass is 491 g/mol. The number of carbonyl (C=O) groups is 1. The number of sulfonamides is 1. The zero-order chi connectivity index (χ0) is 24.3. The summed E-state index contributed by atoms with van der Waals surface area (Å²) >= 11 is 0. The number of ether oxygens (including phenoxy) is 1. The molecule has 0 fully saturated rings. The molecular formula is C23H20F3N3O4S. The molecule has 1 aromatic heterocycles. The number of fused-ring (bicyclic) bond motifs is 1. The molecule has 0 bridgehead atoms. The van der Waals surface area contributed by atoms with Gasteiger partial charge in [0.05, 0.1) is 16.8 Å². The highest BCUT2D eigenvalue weighted by atomic mass is 32.2. The zero-order valence-corrected chi connectivity index (χ0v) is 18.6. The van der Waals surface area contributed by atoms with Crippen LogP contribution < -0.4 is 10.1 Å². The first kappa shape index (κ1) is 23.7. The predicted octanol–water partition coefficient (Wildman–Crippen LogP) is 4.02. The fourth-order valence-electron chi connectivity index (χ4n) is 3.52. The summed E-state index contributed by atoms with van der Waals surface area (Å²) in [6.07, 6.45) is -2.74. The van der Waals surface area contributed by atoms with Crippen LogP contribution in [0, 0.1) is 0 Å². The third kappa shape index (κ3) is 5.54. The Balaban J connectivity index is 1.45. The van der Waals surface area contributed by atoms with Gasteiger partial charge >= 0.3 is 6.18 Å². The van der Waals surface area contributed by atoms with Gasteiger partial charge in [0.15, 0.2) is 6.61 Å². The van der Waals surface area contributed by atoms with E-state index in [2.05, 4.69) is 15.0 Å². The molecule has 11 heteroatoms. The number of carbonyl (C=O) groups excluding carboxylic acids is 1. The molecule has 2 heterocycles. The van der Waals surface area contributed by atoms with Crippen molar-refractivity contribution >= 4 is 21.6 Å². The predicted molar refractivity (Wildman–Crippen MR) is 118 cm³/mol. The van der Waals surface area contributed by atoms with Crippen LogP contribution in [0.25, 0.3) is 0 Å². The number of aromatic nitrogens is 1. The van der Waals surface area contributed by atoms with E-state index in [0.717, 1.165) is 17.3 Å². The number of anilines is 1. The minimum absolute atomic E-state index is 0.00597. The Labute approximate surface area is 194 Å². The Hall–Kier alpha value is -3.44. The lowest BCUT2D eigenvalue weighted by atomic mass is 10.0. The summed E-state index contributed by atoms with van der Waals surface area (Å²) in [5.74, 6) is -0.835. The fraction of sp³-hybridized carbons (Fsp3) is 0.217. The summed E-state index contributed by atoms with van der Waals surface area (Å²) in [6, 6.07) is 15.9. The van der Waals surface area contributed by atoms with Crippen molar-refractivity contribution in [2.24, 2.45) is 0 Å². The van der Waals surface area contributed by atoms with E-state index in [0.29, 0.717) is 13.0 Å². The van der Waals surface area contributed by atoms with Crippen molar-refractivity contribution in [3.05, 3.63) is 83.6 Å². The number of hydrogen-bond acceptors (Lipinski definition) is 5. The molecule has 7 nitrogen and oxygen atoms in total. The van der Waals surface area contributed by atoms with Gasteiger partial charge in [-0.3, -0.25) is 4.79 Å². The Morgan fingerprint density at radius 2 is 1.82 bits per heavy atom. The zero-order valence-electron chi connectivity index (χ0n) is 17.7. The second-order valence-electron chi connectivity index (χ2n) is 7.63. The lowest BCUT2D eigenvalue weighted by Gasteiger charge is -2.28. The number of rotatable bonds is 6. The molecule has 1 N–H and O–H groups in total. The van der Waals surface area contributed by atoms with Crippen LogP contribution in [0.2, 0.25) is 0 Å². The van der Waals surface area contributed by atoms with Gasteiger partial charge in [0.2, 0.25) is 15.9 Å². The van der Waals surface area contributed by atoms with Crippen LogP contribution in [-0.2, 0) is 23.0 Å². The van der Waals surface area contributed by atoms with Crippen molar-refractivity contribution in [2.45, 2.75) is 24.0 Å². The first-order valence-corrected chi connectivity index (χ1v) is 11.7. The Morgan fingerprint density at radius 1 is 1.06 bits per heavy atom. The molecule has 0 radical (unpaired) electrons. The molecule has 0 saturated heterocycles. The summed E-state index contributed by atoms with van der Waals surface area (Å²) in [5.41, 5.74) is 2.38. The Kier molecular flexibility index (Phi) is 6.58. The number of hydrogen-bond donors (Lipinski definition) is 1. The molecule has 0 unspecified atom stereocenters. The van der Waals surface area contributed by atoms with Crippen molar-refractivity contribution in [3.63, 3.8) is 0 Å². The van der Waals surface area contributed by atoms with Crippen LogP contribution >= 0.6 is 0 Å². The molecule has 4 rings (SSSR count). The minimum atomic E-state index is -4.49. The number of nitrogens with one attached hydrogen (secondary N) is 1. The van der Waals surface area contributed by atoms with Crippen molar-refractivity contribution in [1.29, 1.82) is 0 Å². The van der Waals surface area contributed by atoms with Crippen LogP contribution in [0.4, 0.5) is 18.9 Å². The second-order valence-corrected chi connectivity index (χ2v) is 9.57. The third-order valence-corrected chi connectivity index (χ3v) is 7.05. The van der Waals surface area contributed by atoms with Crippen LogP contribution in [0.1, 0.15) is 21.5 Å². The third-order valence-electron chi connectivity index (χ3n) is 5.21. The molecule has 1 amide bonds. The summed E-state index contributed by atoms with van der Waals surface area (Å²) in [6.45, 7) is -0.886. The van der Waals surface area contributed by atoms with E-state index >= 15 is 0 Å². The number of benzene rings is 2. The van der Waals surface area contributed by atoms with Gasteiger partial charge in [-0.25, -0.2) is 13.4 Å². The van der Waals surface area contributed by atoms with Gasteiger partial charge in [-0.2, -0.15) is 17.5 Å². The van der Waals surface area contributed by atoms with E-state index in [9.17, 15) is 26.4 Å². The highest BCUT2D eigenvalue weighted by molar-refractivity contribution is 7.89. The van der Waals surface area contributed by atoms with Gasteiger partial charge in [-0.05, 0) is 41.8 Å². The largest absolute Gasteiger partial charge is 0.468 e. The molecule has 1 aliphatic rings. The number of alkyl halides is 3. The molecule has 3 aromatic rings. The quantitative estimate of drug-likeness (QED) is 0.563. The maximum atomic E-state index is 13.2. The van der Waals surface area contributed by atoms with Crippen molar-refractivity contribution in [1.82, 2.24) is 9.29 Å². The van der Waals surface area contributed by atoms with E-state index in [-0.39, 0.29) is 28.6 Å². The molecule has 0 aliphatic carbocycles. The lowest BCUT2D eigenvalue weighted by molar-refractivity contribution is -0.154. The van der Waals surface area contributed by atoms with Crippen LogP contribution in [0.3, 0.4) is 0 Å². The SMILES string of the molecule is O=C(Nc1ccc(OCC(F)(F)F)nc1)c1cccc(S(=O)(=O)N2CCc3ccccc3C2)c1. The Bertz CT molecular complexity index is 1300. The van der Waals surface area contributed by atoms with E-state index in [1.807, 2.05) is 24.3 Å². The maximum Gasteiger partial charge on any atom is 0.422 e. The number of halogens is 3. The first-order valence-electron chi connectivity index (χ1n) is 10.3. The van der Waals surface area contributed by atoms with Gasteiger partial charge in [0.25, 0.3) is 5.91 Å². The van der Waals surface area contributed by atoms with Crippen molar-refractivity contribution in [2.75, 3.05) is 18.5 Å². The van der Waals surface area contributed by atoms with Gasteiger partial charge < -0.3 is 10.1 Å².